The predicted molar refractivity (Wildman–Crippen MR) is 116 cm³/mol. The van der Waals surface area contributed by atoms with Gasteiger partial charge in [-0.2, -0.15) is 0 Å². The Balaban J connectivity index is 1.57. The van der Waals surface area contributed by atoms with Crippen LogP contribution in [0.25, 0.3) is 10.9 Å². The summed E-state index contributed by atoms with van der Waals surface area (Å²) in [4.78, 5) is 12.2. The second kappa shape index (κ2) is 7.57. The molecule has 0 saturated carbocycles. The number of aryl methyl sites for hydroxylation is 3. The molecule has 5 rings (SSSR count). The molecule has 1 aromatic heterocycles. The number of benzene rings is 2. The quantitative estimate of drug-likeness (QED) is 0.519. The molecule has 1 aliphatic heterocycles. The van der Waals surface area contributed by atoms with Crippen molar-refractivity contribution in [3.05, 3.63) is 62.8 Å². The second-order valence-corrected chi connectivity index (χ2v) is 8.82. The highest BCUT2D eigenvalue weighted by molar-refractivity contribution is 5.86. The van der Waals surface area contributed by atoms with Crippen molar-refractivity contribution in [2.45, 2.75) is 51.7 Å². The van der Waals surface area contributed by atoms with Crippen LogP contribution in [0, 0.1) is 17.0 Å². The summed E-state index contributed by atoms with van der Waals surface area (Å²) < 4.78 is 7.67. The Morgan fingerprint density at radius 3 is 2.87 bits per heavy atom. The molecule has 7 nitrogen and oxygen atoms in total. The third-order valence-electron chi connectivity index (χ3n) is 6.93. The zero-order chi connectivity index (χ0) is 21.7. The van der Waals surface area contributed by atoms with Gasteiger partial charge in [-0.05, 0) is 43.5 Å². The lowest BCUT2D eigenvalue weighted by molar-refractivity contribution is -0.945. The molecule has 2 atom stereocenters. The summed E-state index contributed by atoms with van der Waals surface area (Å²) in [6.07, 6.45) is 4.42. The van der Waals surface area contributed by atoms with E-state index in [9.17, 15) is 15.2 Å². The maximum absolute atomic E-state index is 12.2. The van der Waals surface area contributed by atoms with Gasteiger partial charge in [-0.25, -0.2) is 0 Å². The van der Waals surface area contributed by atoms with Gasteiger partial charge in [0, 0.05) is 47.7 Å². The van der Waals surface area contributed by atoms with Crippen LogP contribution in [0.15, 0.2) is 30.3 Å². The van der Waals surface area contributed by atoms with Gasteiger partial charge in [-0.15, -0.1) is 0 Å². The standard InChI is InChI=1S/C24H27N3O4/c1-15-7-8-19-18(11-15)17-5-3-6-20-23(17)26(19)10-4-9-25(20)14-16-12-21(27(29)30)24(28)22(13-16)31-2/h7-8,11-13,20,28H,3-6,9-10,14H2,1-2H3/t20-/m1/s1. The van der Waals surface area contributed by atoms with Crippen molar-refractivity contribution < 1.29 is 19.7 Å². The van der Waals surface area contributed by atoms with Crippen molar-refractivity contribution >= 4 is 16.6 Å². The fraction of sp³-hybridized carbons (Fsp3) is 0.417. The van der Waals surface area contributed by atoms with Crippen LogP contribution in [0.4, 0.5) is 5.69 Å². The molecule has 1 unspecified atom stereocenters. The first-order valence-corrected chi connectivity index (χ1v) is 11.0. The minimum Gasteiger partial charge on any atom is -0.865 e. The number of quaternary nitrogens is 1. The van der Waals surface area contributed by atoms with Crippen LogP contribution in [-0.4, -0.2) is 23.1 Å². The van der Waals surface area contributed by atoms with Gasteiger partial charge in [0.15, 0.2) is 0 Å². The SMILES string of the molecule is COc1cc(C[NH+]2CCCn3c4c(c5cc(C)ccc53)CCC[C@H]42)cc([N+](=O)[O-])c1[O-]. The van der Waals surface area contributed by atoms with E-state index in [1.807, 2.05) is 0 Å². The maximum atomic E-state index is 12.2. The average Bonchev–Trinajstić information content (AvgIpc) is 2.94. The van der Waals surface area contributed by atoms with E-state index in [2.05, 4.69) is 29.7 Å². The maximum Gasteiger partial charge on any atom is 0.265 e. The highest BCUT2D eigenvalue weighted by Gasteiger charge is 2.36. The lowest BCUT2D eigenvalue weighted by atomic mass is 9.90. The topological polar surface area (TPSA) is 84.8 Å². The summed E-state index contributed by atoms with van der Waals surface area (Å²) in [5, 5.41) is 25.0. The molecule has 0 spiro atoms. The number of nitrogens with one attached hydrogen (secondary N) is 1. The molecule has 0 amide bonds. The Bertz CT molecular complexity index is 1180. The summed E-state index contributed by atoms with van der Waals surface area (Å²) >= 11 is 0. The van der Waals surface area contributed by atoms with Gasteiger partial charge in [-0.3, -0.25) is 10.1 Å². The third-order valence-corrected chi connectivity index (χ3v) is 6.93. The van der Waals surface area contributed by atoms with Gasteiger partial charge < -0.3 is 19.3 Å². The van der Waals surface area contributed by atoms with Crippen molar-refractivity contribution in [3.63, 3.8) is 0 Å². The van der Waals surface area contributed by atoms with Crippen LogP contribution in [0.5, 0.6) is 11.5 Å². The molecule has 2 aliphatic rings. The molecule has 0 radical (unpaired) electrons. The lowest BCUT2D eigenvalue weighted by Gasteiger charge is -2.31. The van der Waals surface area contributed by atoms with E-state index in [0.717, 1.165) is 44.3 Å². The van der Waals surface area contributed by atoms with Crippen LogP contribution in [0.3, 0.4) is 0 Å². The van der Waals surface area contributed by atoms with Gasteiger partial charge in [0.2, 0.25) is 0 Å². The normalized spacial score (nSPS) is 20.3. The van der Waals surface area contributed by atoms with E-state index in [1.54, 1.807) is 6.07 Å². The molecule has 0 fully saturated rings. The number of ether oxygens (including phenoxy) is 1. The number of hydrogen-bond donors (Lipinski definition) is 1. The molecular formula is C24H27N3O4. The summed E-state index contributed by atoms with van der Waals surface area (Å²) in [5.74, 6) is -0.607. The molecule has 162 valence electrons. The van der Waals surface area contributed by atoms with Crippen molar-refractivity contribution in [1.82, 2.24) is 4.57 Å². The largest absolute Gasteiger partial charge is 0.865 e. The fourth-order valence-corrected chi connectivity index (χ4v) is 5.62. The molecule has 0 bridgehead atoms. The number of aromatic nitrogens is 1. The van der Waals surface area contributed by atoms with Crippen molar-refractivity contribution in [3.8, 4) is 11.5 Å². The number of methoxy groups -OCH3 is 1. The Kier molecular flexibility index (Phi) is 4.85. The van der Waals surface area contributed by atoms with E-state index >= 15 is 0 Å². The smallest absolute Gasteiger partial charge is 0.265 e. The van der Waals surface area contributed by atoms with Crippen LogP contribution in [0.2, 0.25) is 0 Å². The molecule has 1 N–H and O–H groups in total. The Morgan fingerprint density at radius 1 is 1.26 bits per heavy atom. The predicted octanol–water partition coefficient (Wildman–Crippen LogP) is 2.81. The fourth-order valence-electron chi connectivity index (χ4n) is 5.62. The van der Waals surface area contributed by atoms with Gasteiger partial charge in [0.05, 0.1) is 24.3 Å². The monoisotopic (exact) mass is 421 g/mol. The lowest BCUT2D eigenvalue weighted by Crippen LogP contribution is -3.11. The molecule has 2 aromatic carbocycles. The second-order valence-electron chi connectivity index (χ2n) is 8.82. The Hall–Kier alpha value is -3.06. The summed E-state index contributed by atoms with van der Waals surface area (Å²) in [5.41, 5.74) is 5.92. The first kappa shape index (κ1) is 19.9. The van der Waals surface area contributed by atoms with Crippen molar-refractivity contribution in [2.24, 2.45) is 0 Å². The van der Waals surface area contributed by atoms with Gasteiger partial charge in [-0.1, -0.05) is 11.6 Å². The van der Waals surface area contributed by atoms with E-state index in [-0.39, 0.29) is 5.75 Å². The van der Waals surface area contributed by atoms with Crippen LogP contribution in [-0.2, 0) is 19.5 Å². The molecule has 0 saturated heterocycles. The highest BCUT2D eigenvalue weighted by Crippen LogP contribution is 2.38. The van der Waals surface area contributed by atoms with E-state index in [1.165, 1.54) is 45.8 Å². The van der Waals surface area contributed by atoms with E-state index in [0.29, 0.717) is 12.6 Å². The molecule has 31 heavy (non-hydrogen) atoms. The molecule has 3 aromatic rings. The summed E-state index contributed by atoms with van der Waals surface area (Å²) in [6, 6.07) is 10.2. The average molecular weight is 421 g/mol. The minimum absolute atomic E-state index is 0.0485. The number of nitrogens with zero attached hydrogens (tertiary/aromatic N) is 2. The number of nitro groups is 1. The first-order valence-electron chi connectivity index (χ1n) is 11.0. The van der Waals surface area contributed by atoms with Crippen molar-refractivity contribution in [1.29, 1.82) is 0 Å². The minimum atomic E-state index is -0.655. The van der Waals surface area contributed by atoms with E-state index in [4.69, 9.17) is 4.74 Å². The zero-order valence-corrected chi connectivity index (χ0v) is 17.9. The number of nitro benzene ring substituents is 1. The summed E-state index contributed by atoms with van der Waals surface area (Å²) in [6.45, 7) is 4.78. The van der Waals surface area contributed by atoms with Gasteiger partial charge in [0.1, 0.15) is 18.3 Å². The molecule has 2 heterocycles. The van der Waals surface area contributed by atoms with Crippen LogP contribution in [0.1, 0.15) is 47.7 Å². The number of rotatable bonds is 4. The van der Waals surface area contributed by atoms with Gasteiger partial charge in [0.25, 0.3) is 5.69 Å². The Labute approximate surface area is 181 Å². The van der Waals surface area contributed by atoms with E-state index < -0.39 is 16.4 Å². The third kappa shape index (κ3) is 3.24. The first-order chi connectivity index (χ1) is 15.0. The number of hydrogen-bond acceptors (Lipinski definition) is 4. The van der Waals surface area contributed by atoms with Gasteiger partial charge >= 0.3 is 0 Å². The summed E-state index contributed by atoms with van der Waals surface area (Å²) in [7, 11) is 1.39. The van der Waals surface area contributed by atoms with Crippen molar-refractivity contribution in [2.75, 3.05) is 13.7 Å². The molecule has 1 aliphatic carbocycles. The zero-order valence-electron chi connectivity index (χ0n) is 17.9. The molecule has 7 heteroatoms. The van der Waals surface area contributed by atoms with Crippen LogP contribution >= 0.6 is 0 Å². The number of fused-ring (bicyclic) bond motifs is 3. The van der Waals surface area contributed by atoms with Crippen LogP contribution < -0.4 is 14.7 Å². The highest BCUT2D eigenvalue weighted by atomic mass is 16.6. The molecular weight excluding hydrogens is 394 g/mol. The Morgan fingerprint density at radius 2 is 2.10 bits per heavy atom.